The molecule has 3 nitrogen and oxygen atoms in total. The highest BCUT2D eigenvalue weighted by Crippen LogP contribution is 2.53. The molecule has 1 heterocycles. The van der Waals surface area contributed by atoms with Crippen LogP contribution >= 0.6 is 0 Å². The third kappa shape index (κ3) is 2.53. The third-order valence-corrected chi connectivity index (χ3v) is 4.00. The molecule has 0 amide bonds. The second-order valence-electron chi connectivity index (χ2n) is 7.96. The van der Waals surface area contributed by atoms with Gasteiger partial charge in [0, 0.05) is 0 Å². The normalized spacial score (nSPS) is 22.1. The van der Waals surface area contributed by atoms with Gasteiger partial charge in [0.25, 0.3) is 5.60 Å². The van der Waals surface area contributed by atoms with Gasteiger partial charge in [0.05, 0.1) is 5.56 Å². The van der Waals surface area contributed by atoms with Crippen molar-refractivity contribution in [1.29, 1.82) is 0 Å². The smallest absolute Gasteiger partial charge is 0.423 e. The van der Waals surface area contributed by atoms with Gasteiger partial charge in [-0.15, -0.1) is 0 Å². The lowest BCUT2D eigenvalue weighted by Gasteiger charge is -2.34. The zero-order valence-electron chi connectivity index (χ0n) is 14.1. The highest BCUT2D eigenvalue weighted by molar-refractivity contribution is 5.91. The van der Waals surface area contributed by atoms with E-state index in [9.17, 15) is 23.1 Å². The number of ether oxygens (including phenoxy) is 1. The maximum Gasteiger partial charge on any atom is 0.432 e. The summed E-state index contributed by atoms with van der Waals surface area (Å²) in [5, 5.41) is 10.3. The maximum absolute atomic E-state index is 13.5. The molecule has 0 bridgehead atoms. The van der Waals surface area contributed by atoms with Gasteiger partial charge in [-0.2, -0.15) is 13.2 Å². The number of hydrogen-bond donors (Lipinski definition) is 1. The van der Waals surface area contributed by atoms with Crippen LogP contribution in [0.25, 0.3) is 0 Å². The lowest BCUT2D eigenvalue weighted by Crippen LogP contribution is -2.48. The van der Waals surface area contributed by atoms with Crippen molar-refractivity contribution in [3.63, 3.8) is 0 Å². The van der Waals surface area contributed by atoms with Gasteiger partial charge in [-0.1, -0.05) is 47.6 Å². The second kappa shape index (κ2) is 4.72. The SMILES string of the molecule is CC(C)(C)c1ccc2c(c1C(C)(C)C)C(O)(C(F)(F)F)C(=O)O2. The molecule has 0 aliphatic carbocycles. The first kappa shape index (κ1) is 17.8. The Labute approximate surface area is 133 Å². The predicted molar refractivity (Wildman–Crippen MR) is 79.4 cm³/mol. The molecule has 1 N–H and O–H groups in total. The topological polar surface area (TPSA) is 46.5 Å². The molecule has 128 valence electrons. The fourth-order valence-electron chi connectivity index (χ4n) is 2.97. The lowest BCUT2D eigenvalue weighted by atomic mass is 9.70. The summed E-state index contributed by atoms with van der Waals surface area (Å²) in [7, 11) is 0. The van der Waals surface area contributed by atoms with Crippen LogP contribution in [0.5, 0.6) is 5.75 Å². The monoisotopic (exact) mass is 330 g/mol. The van der Waals surface area contributed by atoms with E-state index in [0.29, 0.717) is 11.1 Å². The summed E-state index contributed by atoms with van der Waals surface area (Å²) in [6.07, 6.45) is -5.16. The minimum absolute atomic E-state index is 0.229. The van der Waals surface area contributed by atoms with Crippen molar-refractivity contribution in [2.45, 2.75) is 64.1 Å². The Morgan fingerprint density at radius 2 is 1.52 bits per heavy atom. The lowest BCUT2D eigenvalue weighted by molar-refractivity contribution is -0.258. The first-order chi connectivity index (χ1) is 10.1. The van der Waals surface area contributed by atoms with Crippen molar-refractivity contribution in [3.8, 4) is 5.75 Å². The number of aliphatic hydroxyl groups is 1. The van der Waals surface area contributed by atoms with Crippen molar-refractivity contribution in [3.05, 3.63) is 28.8 Å². The zero-order valence-corrected chi connectivity index (χ0v) is 14.1. The molecule has 1 aromatic carbocycles. The van der Waals surface area contributed by atoms with E-state index in [-0.39, 0.29) is 5.75 Å². The van der Waals surface area contributed by atoms with Crippen molar-refractivity contribution in [1.82, 2.24) is 0 Å². The summed E-state index contributed by atoms with van der Waals surface area (Å²) >= 11 is 0. The van der Waals surface area contributed by atoms with Gasteiger partial charge >= 0.3 is 12.1 Å². The minimum atomic E-state index is -5.16. The first-order valence-electron chi connectivity index (χ1n) is 7.31. The fourth-order valence-corrected chi connectivity index (χ4v) is 2.97. The largest absolute Gasteiger partial charge is 0.432 e. The van der Waals surface area contributed by atoms with Gasteiger partial charge in [0.15, 0.2) is 0 Å². The fraction of sp³-hybridized carbons (Fsp3) is 0.588. The summed E-state index contributed by atoms with van der Waals surface area (Å²) in [6, 6.07) is 2.99. The van der Waals surface area contributed by atoms with Crippen molar-refractivity contribution < 1.29 is 27.8 Å². The molecule has 1 aliphatic rings. The van der Waals surface area contributed by atoms with Crippen LogP contribution in [0.2, 0.25) is 0 Å². The van der Waals surface area contributed by atoms with Crippen molar-refractivity contribution in [2.24, 2.45) is 0 Å². The second-order valence-corrected chi connectivity index (χ2v) is 7.96. The summed E-state index contributed by atoms with van der Waals surface area (Å²) in [5.74, 6) is -1.93. The van der Waals surface area contributed by atoms with Crippen LogP contribution in [0.3, 0.4) is 0 Å². The number of hydrogen-bond acceptors (Lipinski definition) is 3. The van der Waals surface area contributed by atoms with Crippen LogP contribution in [0.1, 0.15) is 58.2 Å². The summed E-state index contributed by atoms with van der Waals surface area (Å²) in [6.45, 7) is 10.9. The average molecular weight is 330 g/mol. The first-order valence-corrected chi connectivity index (χ1v) is 7.31. The van der Waals surface area contributed by atoms with Crippen LogP contribution in [-0.2, 0) is 21.2 Å². The zero-order chi connectivity index (χ0) is 18.0. The molecule has 23 heavy (non-hydrogen) atoms. The van der Waals surface area contributed by atoms with Crippen LogP contribution in [0, 0.1) is 0 Å². The number of fused-ring (bicyclic) bond motifs is 1. The molecule has 0 saturated heterocycles. The van der Waals surface area contributed by atoms with Crippen molar-refractivity contribution in [2.75, 3.05) is 0 Å². The van der Waals surface area contributed by atoms with Gasteiger partial charge in [0.2, 0.25) is 0 Å². The van der Waals surface area contributed by atoms with E-state index in [1.807, 2.05) is 20.8 Å². The maximum atomic E-state index is 13.5. The average Bonchev–Trinajstić information content (AvgIpc) is 2.58. The number of alkyl halides is 3. The van der Waals surface area contributed by atoms with E-state index >= 15 is 0 Å². The molecule has 0 aromatic heterocycles. The van der Waals surface area contributed by atoms with E-state index < -0.39 is 34.1 Å². The highest BCUT2D eigenvalue weighted by atomic mass is 19.4. The van der Waals surface area contributed by atoms with Crippen LogP contribution < -0.4 is 4.74 Å². The Morgan fingerprint density at radius 3 is 1.91 bits per heavy atom. The molecule has 6 heteroatoms. The number of carbonyl (C=O) groups excluding carboxylic acids is 1. The molecule has 1 unspecified atom stereocenters. The Morgan fingerprint density at radius 1 is 1.00 bits per heavy atom. The van der Waals surface area contributed by atoms with Crippen LogP contribution in [0.4, 0.5) is 13.2 Å². The Balaban J connectivity index is 2.96. The minimum Gasteiger partial charge on any atom is -0.423 e. The van der Waals surface area contributed by atoms with Crippen LogP contribution in [-0.4, -0.2) is 17.3 Å². The third-order valence-electron chi connectivity index (χ3n) is 4.00. The highest BCUT2D eigenvalue weighted by Gasteiger charge is 2.68. The molecule has 0 saturated carbocycles. The molecule has 1 aliphatic heterocycles. The van der Waals surface area contributed by atoms with Crippen molar-refractivity contribution >= 4 is 5.97 Å². The Hall–Kier alpha value is -1.56. The number of benzene rings is 1. The van der Waals surface area contributed by atoms with Gasteiger partial charge in [-0.3, -0.25) is 0 Å². The van der Waals surface area contributed by atoms with E-state index in [1.54, 1.807) is 26.8 Å². The van der Waals surface area contributed by atoms with E-state index in [0.717, 1.165) is 0 Å². The molecular formula is C17H21F3O3. The standard InChI is InChI=1S/C17H21F3O3/c1-14(2,3)9-7-8-10-12(11(9)15(4,5)6)16(22,13(21)23-10)17(18,19)20/h7-8,22H,1-6H3. The number of rotatable bonds is 0. The Bertz CT molecular complexity index is 663. The molecule has 0 spiro atoms. The molecule has 1 atom stereocenters. The van der Waals surface area contributed by atoms with Crippen LogP contribution in [0.15, 0.2) is 12.1 Å². The molecule has 2 rings (SSSR count). The van der Waals surface area contributed by atoms with E-state index in [2.05, 4.69) is 0 Å². The summed E-state index contributed by atoms with van der Waals surface area (Å²) < 4.78 is 45.3. The number of halogens is 3. The molecule has 1 aromatic rings. The van der Waals surface area contributed by atoms with Gasteiger partial charge < -0.3 is 9.84 Å². The predicted octanol–water partition coefficient (Wildman–Crippen LogP) is 3.95. The molecular weight excluding hydrogens is 309 g/mol. The van der Waals surface area contributed by atoms with Gasteiger partial charge in [-0.05, 0) is 28.0 Å². The summed E-state index contributed by atoms with van der Waals surface area (Å²) in [4.78, 5) is 11.8. The van der Waals surface area contributed by atoms with E-state index in [4.69, 9.17) is 4.74 Å². The molecule has 0 fully saturated rings. The Kier molecular flexibility index (Phi) is 3.65. The molecule has 0 radical (unpaired) electrons. The summed E-state index contributed by atoms with van der Waals surface area (Å²) in [5.41, 5.74) is -4.35. The number of carbonyl (C=O) groups is 1. The van der Waals surface area contributed by atoms with Gasteiger partial charge in [-0.25, -0.2) is 4.79 Å². The van der Waals surface area contributed by atoms with E-state index in [1.165, 1.54) is 6.07 Å². The number of esters is 1. The van der Waals surface area contributed by atoms with Gasteiger partial charge in [0.1, 0.15) is 5.75 Å². The quantitative estimate of drug-likeness (QED) is 0.579.